The number of hydrogen-bond donors (Lipinski definition) is 0. The molecule has 1 unspecified atom stereocenters. The van der Waals surface area contributed by atoms with E-state index in [0.29, 0.717) is 26.2 Å². The van der Waals surface area contributed by atoms with Crippen molar-refractivity contribution in [1.29, 1.82) is 0 Å². The normalized spacial score (nSPS) is 20.3. The Bertz CT molecular complexity index is 1100. The van der Waals surface area contributed by atoms with Gasteiger partial charge in [0.1, 0.15) is 12.3 Å². The van der Waals surface area contributed by atoms with E-state index in [1.807, 2.05) is 54.2 Å². The number of carbonyl (C=O) groups is 2. The highest BCUT2D eigenvalue weighted by Gasteiger charge is 2.38. The van der Waals surface area contributed by atoms with Gasteiger partial charge in [-0.25, -0.2) is 5.01 Å². The lowest BCUT2D eigenvalue weighted by Gasteiger charge is -2.31. The van der Waals surface area contributed by atoms with Crippen molar-refractivity contribution < 1.29 is 19.1 Å². The number of amides is 2. The predicted octanol–water partition coefficient (Wildman–Crippen LogP) is 2.28. The molecule has 1 aliphatic carbocycles. The van der Waals surface area contributed by atoms with Crippen molar-refractivity contribution in [2.45, 2.75) is 25.3 Å². The van der Waals surface area contributed by atoms with Crippen LogP contribution in [-0.2, 0) is 21.4 Å². The predicted molar refractivity (Wildman–Crippen MR) is 136 cm³/mol. The monoisotopic (exact) mass is 493 g/mol. The molecule has 2 amide bonds. The molecule has 2 aliphatic heterocycles. The van der Waals surface area contributed by atoms with E-state index in [0.717, 1.165) is 55.2 Å². The van der Waals surface area contributed by atoms with Crippen LogP contribution in [0.3, 0.4) is 0 Å². The molecule has 1 atom stereocenters. The van der Waals surface area contributed by atoms with E-state index in [4.69, 9.17) is 14.6 Å². The zero-order valence-corrected chi connectivity index (χ0v) is 21.1. The highest BCUT2D eigenvalue weighted by Crippen LogP contribution is 2.35. The zero-order valence-electron chi connectivity index (χ0n) is 21.1. The average molecular weight is 494 g/mol. The van der Waals surface area contributed by atoms with Crippen LogP contribution in [0.1, 0.15) is 36.6 Å². The van der Waals surface area contributed by atoms with Gasteiger partial charge in [0, 0.05) is 51.8 Å². The smallest absolute Gasteiger partial charge is 0.262 e. The third-order valence-corrected chi connectivity index (χ3v) is 7.26. The summed E-state index contributed by atoms with van der Waals surface area (Å²) in [6.07, 6.45) is 4.41. The molecule has 0 N–H and O–H groups in total. The highest BCUT2D eigenvalue weighted by atomic mass is 16.5. The van der Waals surface area contributed by atoms with Crippen LogP contribution in [0.15, 0.2) is 47.7 Å². The molecule has 3 heterocycles. The maximum atomic E-state index is 13.7. The van der Waals surface area contributed by atoms with E-state index in [1.54, 1.807) is 17.0 Å². The van der Waals surface area contributed by atoms with Gasteiger partial charge >= 0.3 is 0 Å². The molecule has 36 heavy (non-hydrogen) atoms. The Kier molecular flexibility index (Phi) is 7.38. The summed E-state index contributed by atoms with van der Waals surface area (Å²) in [4.78, 5) is 30.9. The molecule has 192 valence electrons. The Hall–Kier alpha value is -3.17. The van der Waals surface area contributed by atoms with Crippen molar-refractivity contribution in [3.63, 3.8) is 0 Å². The summed E-state index contributed by atoms with van der Waals surface area (Å²) in [5, 5.41) is 6.39. The first-order valence-electron chi connectivity index (χ1n) is 12.8. The van der Waals surface area contributed by atoms with Gasteiger partial charge < -0.3 is 18.9 Å². The second-order valence-electron chi connectivity index (χ2n) is 9.77. The molecule has 3 aliphatic rings. The lowest BCUT2D eigenvalue weighted by Crippen LogP contribution is -2.47. The van der Waals surface area contributed by atoms with Crippen LogP contribution in [0.2, 0.25) is 0 Å². The first-order chi connectivity index (χ1) is 17.5. The fraction of sp³-hybridized carbons (Fsp3) is 0.519. The number of benzene rings is 1. The van der Waals surface area contributed by atoms with Crippen molar-refractivity contribution >= 4 is 17.5 Å². The highest BCUT2D eigenvalue weighted by molar-refractivity contribution is 6.02. The molecular weight excluding hydrogens is 458 g/mol. The maximum Gasteiger partial charge on any atom is 0.262 e. The minimum Gasteiger partial charge on any atom is -0.497 e. The first kappa shape index (κ1) is 24.5. The number of methoxy groups -OCH3 is 1. The molecule has 5 rings (SSSR count). The Morgan fingerprint density at radius 2 is 1.89 bits per heavy atom. The molecule has 1 saturated heterocycles. The van der Waals surface area contributed by atoms with E-state index in [1.165, 1.54) is 0 Å². The molecule has 0 radical (unpaired) electrons. The van der Waals surface area contributed by atoms with Crippen LogP contribution in [0.5, 0.6) is 5.75 Å². The Labute approximate surface area is 212 Å². The van der Waals surface area contributed by atoms with Crippen LogP contribution in [0.4, 0.5) is 0 Å². The molecule has 2 fully saturated rings. The summed E-state index contributed by atoms with van der Waals surface area (Å²) >= 11 is 0. The summed E-state index contributed by atoms with van der Waals surface area (Å²) in [6, 6.07) is 11.5. The topological polar surface area (TPSA) is 79.6 Å². The molecule has 9 nitrogen and oxygen atoms in total. The number of hydrazone groups is 1. The lowest BCUT2D eigenvalue weighted by molar-refractivity contribution is -0.142. The minimum atomic E-state index is -0.231. The Balaban J connectivity index is 1.35. The third kappa shape index (κ3) is 5.47. The molecule has 1 saturated carbocycles. The van der Waals surface area contributed by atoms with E-state index in [2.05, 4.69) is 4.90 Å². The van der Waals surface area contributed by atoms with Gasteiger partial charge in [0.2, 0.25) is 5.91 Å². The largest absolute Gasteiger partial charge is 0.497 e. The number of morpholine rings is 1. The summed E-state index contributed by atoms with van der Waals surface area (Å²) in [7, 11) is 3.62. The van der Waals surface area contributed by atoms with E-state index in [-0.39, 0.29) is 30.3 Å². The number of ether oxygens (including phenoxy) is 2. The van der Waals surface area contributed by atoms with Crippen molar-refractivity contribution in [1.82, 2.24) is 19.4 Å². The van der Waals surface area contributed by atoms with Crippen molar-refractivity contribution in [2.75, 3.05) is 53.0 Å². The number of nitrogens with zero attached hydrogens (tertiary/aromatic N) is 5. The van der Waals surface area contributed by atoms with Gasteiger partial charge in [-0.05, 0) is 42.7 Å². The van der Waals surface area contributed by atoms with Gasteiger partial charge in [-0.2, -0.15) is 5.10 Å². The first-order valence-corrected chi connectivity index (χ1v) is 12.8. The van der Waals surface area contributed by atoms with Crippen LogP contribution in [0, 0.1) is 5.92 Å². The Morgan fingerprint density at radius 1 is 1.14 bits per heavy atom. The van der Waals surface area contributed by atoms with Crippen LogP contribution in [0.25, 0.3) is 0 Å². The summed E-state index contributed by atoms with van der Waals surface area (Å²) < 4.78 is 12.8. The number of carbonyl (C=O) groups excluding carboxylic acids is 2. The van der Waals surface area contributed by atoms with E-state index < -0.39 is 0 Å². The number of rotatable bonds is 9. The molecule has 1 aromatic heterocycles. The second kappa shape index (κ2) is 10.8. The number of aryl methyl sites for hydroxylation is 1. The molecule has 1 aromatic carbocycles. The third-order valence-electron chi connectivity index (χ3n) is 7.26. The van der Waals surface area contributed by atoms with Crippen molar-refractivity contribution in [2.24, 2.45) is 18.1 Å². The fourth-order valence-corrected chi connectivity index (χ4v) is 4.92. The average Bonchev–Trinajstić information content (AvgIpc) is 3.53. The molecule has 0 bridgehead atoms. The molecular formula is C27H35N5O4. The van der Waals surface area contributed by atoms with E-state index >= 15 is 0 Å². The summed E-state index contributed by atoms with van der Waals surface area (Å²) in [5.41, 5.74) is 2.84. The summed E-state index contributed by atoms with van der Waals surface area (Å²) in [6.45, 7) is 4.46. The fourth-order valence-electron chi connectivity index (χ4n) is 4.92. The summed E-state index contributed by atoms with van der Waals surface area (Å²) in [5.74, 6) is 0.753. The van der Waals surface area contributed by atoms with Gasteiger partial charge in [0.05, 0.1) is 37.8 Å². The van der Waals surface area contributed by atoms with Gasteiger partial charge in [0.25, 0.3) is 5.91 Å². The molecule has 9 heteroatoms. The molecule has 0 spiro atoms. The molecule has 2 aromatic rings. The quantitative estimate of drug-likeness (QED) is 0.536. The van der Waals surface area contributed by atoms with Crippen LogP contribution in [-0.4, -0.2) is 89.9 Å². The van der Waals surface area contributed by atoms with Gasteiger partial charge in [-0.15, -0.1) is 0 Å². The number of hydrogen-bond acceptors (Lipinski definition) is 6. The van der Waals surface area contributed by atoms with Gasteiger partial charge in [0.15, 0.2) is 0 Å². The van der Waals surface area contributed by atoms with Gasteiger partial charge in [-0.1, -0.05) is 12.1 Å². The van der Waals surface area contributed by atoms with Crippen molar-refractivity contribution in [3.05, 3.63) is 53.9 Å². The standard InChI is InChI=1S/C27H35N5O4/c1-29-11-3-4-24(29)23-18-25(20-7-9-22(35-2)10-8-20)32(28-23)26(33)19-31(27(34)21-5-6-21)13-12-30-14-16-36-17-15-30/h3-4,7-11,21,25H,5-6,12-19H2,1-2H3. The maximum absolute atomic E-state index is 13.7. The van der Waals surface area contributed by atoms with Crippen molar-refractivity contribution in [3.8, 4) is 5.75 Å². The second-order valence-corrected chi connectivity index (χ2v) is 9.77. The zero-order chi connectivity index (χ0) is 25.1. The lowest BCUT2D eigenvalue weighted by atomic mass is 10.0. The Morgan fingerprint density at radius 3 is 2.53 bits per heavy atom. The minimum absolute atomic E-state index is 0.0379. The number of aromatic nitrogens is 1. The van der Waals surface area contributed by atoms with Crippen LogP contribution < -0.4 is 4.74 Å². The van der Waals surface area contributed by atoms with E-state index in [9.17, 15) is 9.59 Å². The van der Waals surface area contributed by atoms with Crippen LogP contribution >= 0.6 is 0 Å². The van der Waals surface area contributed by atoms with Gasteiger partial charge in [-0.3, -0.25) is 14.5 Å². The SMILES string of the molecule is COc1ccc(C2CC(c3cccn3C)=NN2C(=O)CN(CCN2CCOCC2)C(=O)C2CC2)cc1.